The van der Waals surface area contributed by atoms with Gasteiger partial charge in [-0.15, -0.1) is 11.3 Å². The molecule has 112 valence electrons. The summed E-state index contributed by atoms with van der Waals surface area (Å²) in [4.78, 5) is 16.8. The van der Waals surface area contributed by atoms with Crippen molar-refractivity contribution in [2.45, 2.75) is 12.6 Å². The minimum absolute atomic E-state index is 0.0550. The monoisotopic (exact) mass is 308 g/mol. The number of carbonyl (C=O) groups is 1. The molecule has 1 atom stereocenters. The number of alkyl halides is 3. The predicted molar refractivity (Wildman–Crippen MR) is 69.7 cm³/mol. The maximum absolute atomic E-state index is 12.2. The third-order valence-corrected chi connectivity index (χ3v) is 3.67. The number of urea groups is 1. The number of amides is 2. The minimum atomic E-state index is -4.16. The van der Waals surface area contributed by atoms with Gasteiger partial charge in [-0.1, -0.05) is 0 Å². The number of hydrogen-bond donors (Lipinski definition) is 2. The summed E-state index contributed by atoms with van der Waals surface area (Å²) in [6.45, 7) is 0.261. The smallest absolute Gasteiger partial charge is 0.337 e. The standard InChI is InChI=1S/C11H15F3N4OS/c12-11(13,14)7-18-3-1-8(6-18)5-16-9(19)17-10-15-2-4-20-10/h2,4,8H,1,3,5-7H2,(H2,15,16,17,19)/t8-/m0/s1. The molecule has 5 nitrogen and oxygen atoms in total. The van der Waals surface area contributed by atoms with Gasteiger partial charge in [-0.3, -0.25) is 10.2 Å². The van der Waals surface area contributed by atoms with Crippen molar-refractivity contribution in [3.8, 4) is 0 Å². The van der Waals surface area contributed by atoms with E-state index in [0.29, 0.717) is 31.2 Å². The molecule has 0 aliphatic carbocycles. The fraction of sp³-hybridized carbons (Fsp3) is 0.636. The Bertz CT molecular complexity index is 437. The van der Waals surface area contributed by atoms with E-state index in [2.05, 4.69) is 15.6 Å². The van der Waals surface area contributed by atoms with Crippen LogP contribution < -0.4 is 10.6 Å². The first-order valence-electron chi connectivity index (χ1n) is 6.16. The molecule has 0 saturated carbocycles. The zero-order valence-corrected chi connectivity index (χ0v) is 11.4. The molecule has 1 aromatic rings. The number of halogens is 3. The lowest BCUT2D eigenvalue weighted by atomic mass is 10.1. The Labute approximate surface area is 118 Å². The van der Waals surface area contributed by atoms with E-state index in [0.717, 1.165) is 0 Å². The molecule has 1 aliphatic heterocycles. The Balaban J connectivity index is 1.66. The van der Waals surface area contributed by atoms with Gasteiger partial charge in [0.05, 0.1) is 6.54 Å². The fourth-order valence-corrected chi connectivity index (χ4v) is 2.66. The zero-order chi connectivity index (χ0) is 14.6. The maximum atomic E-state index is 12.2. The van der Waals surface area contributed by atoms with Crippen LogP contribution in [0.3, 0.4) is 0 Å². The van der Waals surface area contributed by atoms with Crippen LogP contribution in [0.5, 0.6) is 0 Å². The van der Waals surface area contributed by atoms with Crippen molar-refractivity contribution >= 4 is 22.5 Å². The molecule has 2 heterocycles. The number of nitrogens with one attached hydrogen (secondary N) is 2. The molecule has 0 unspecified atom stereocenters. The van der Waals surface area contributed by atoms with Crippen LogP contribution in [0.1, 0.15) is 6.42 Å². The quantitative estimate of drug-likeness (QED) is 0.896. The van der Waals surface area contributed by atoms with Crippen LogP contribution in [-0.4, -0.2) is 48.3 Å². The summed E-state index contributed by atoms with van der Waals surface area (Å²) in [6.07, 6.45) is -1.93. The molecule has 0 bridgehead atoms. The normalized spacial score (nSPS) is 20.1. The van der Waals surface area contributed by atoms with Gasteiger partial charge in [0.15, 0.2) is 5.13 Å². The average Bonchev–Trinajstić information content (AvgIpc) is 2.96. The van der Waals surface area contributed by atoms with E-state index in [4.69, 9.17) is 0 Å². The summed E-state index contributed by atoms with van der Waals surface area (Å²) in [5, 5.41) is 7.44. The second kappa shape index (κ2) is 6.40. The third-order valence-electron chi connectivity index (χ3n) is 2.98. The summed E-state index contributed by atoms with van der Waals surface area (Å²) in [6, 6.07) is -0.380. The van der Waals surface area contributed by atoms with Crippen molar-refractivity contribution in [2.24, 2.45) is 5.92 Å². The molecule has 1 aromatic heterocycles. The van der Waals surface area contributed by atoms with Crippen LogP contribution in [0.4, 0.5) is 23.1 Å². The molecule has 9 heteroatoms. The van der Waals surface area contributed by atoms with E-state index in [9.17, 15) is 18.0 Å². The molecule has 20 heavy (non-hydrogen) atoms. The number of likely N-dealkylation sites (tertiary alicyclic amines) is 1. The Morgan fingerprint density at radius 1 is 1.55 bits per heavy atom. The van der Waals surface area contributed by atoms with Gasteiger partial charge < -0.3 is 5.32 Å². The van der Waals surface area contributed by atoms with Gasteiger partial charge in [-0.2, -0.15) is 13.2 Å². The predicted octanol–water partition coefficient (Wildman–Crippen LogP) is 2.15. The topological polar surface area (TPSA) is 57.3 Å². The van der Waals surface area contributed by atoms with Gasteiger partial charge in [0.25, 0.3) is 0 Å². The number of anilines is 1. The van der Waals surface area contributed by atoms with Crippen LogP contribution in [0, 0.1) is 5.92 Å². The lowest BCUT2D eigenvalue weighted by Gasteiger charge is -2.18. The molecule has 1 fully saturated rings. The van der Waals surface area contributed by atoms with E-state index in [-0.39, 0.29) is 11.9 Å². The Morgan fingerprint density at radius 3 is 3.00 bits per heavy atom. The average molecular weight is 308 g/mol. The summed E-state index contributed by atoms with van der Waals surface area (Å²) >= 11 is 1.30. The van der Waals surface area contributed by atoms with Gasteiger partial charge in [0, 0.05) is 24.7 Å². The SMILES string of the molecule is O=C(NC[C@@H]1CCN(CC(F)(F)F)C1)Nc1nccs1. The van der Waals surface area contributed by atoms with Crippen LogP contribution in [0.15, 0.2) is 11.6 Å². The van der Waals surface area contributed by atoms with Crippen molar-refractivity contribution in [1.29, 1.82) is 0 Å². The highest BCUT2D eigenvalue weighted by molar-refractivity contribution is 7.13. The van der Waals surface area contributed by atoms with E-state index in [1.807, 2.05) is 0 Å². The van der Waals surface area contributed by atoms with E-state index < -0.39 is 12.7 Å². The number of carbonyl (C=O) groups excluding carboxylic acids is 1. The zero-order valence-electron chi connectivity index (χ0n) is 10.6. The lowest BCUT2D eigenvalue weighted by Crippen LogP contribution is -2.36. The van der Waals surface area contributed by atoms with Crippen LogP contribution in [0.2, 0.25) is 0 Å². The highest BCUT2D eigenvalue weighted by Gasteiger charge is 2.34. The highest BCUT2D eigenvalue weighted by atomic mass is 32.1. The fourth-order valence-electron chi connectivity index (χ4n) is 2.14. The van der Waals surface area contributed by atoms with Crippen LogP contribution in [0.25, 0.3) is 0 Å². The number of thiazole rings is 1. The van der Waals surface area contributed by atoms with Gasteiger partial charge in [-0.25, -0.2) is 9.78 Å². The number of nitrogens with zero attached hydrogens (tertiary/aromatic N) is 2. The third kappa shape index (κ3) is 4.97. The summed E-state index contributed by atoms with van der Waals surface area (Å²) in [7, 11) is 0. The molecular weight excluding hydrogens is 293 g/mol. The summed E-state index contributed by atoms with van der Waals surface area (Å²) in [5.41, 5.74) is 0. The molecule has 1 aliphatic rings. The number of aromatic nitrogens is 1. The first-order valence-corrected chi connectivity index (χ1v) is 7.04. The molecule has 0 aromatic carbocycles. The van der Waals surface area contributed by atoms with Crippen molar-refractivity contribution in [2.75, 3.05) is 31.5 Å². The molecule has 2 N–H and O–H groups in total. The van der Waals surface area contributed by atoms with Gasteiger partial charge in [-0.05, 0) is 18.9 Å². The van der Waals surface area contributed by atoms with E-state index in [1.54, 1.807) is 11.6 Å². The van der Waals surface area contributed by atoms with Gasteiger partial charge in [0.2, 0.25) is 0 Å². The maximum Gasteiger partial charge on any atom is 0.401 e. The van der Waals surface area contributed by atoms with Crippen molar-refractivity contribution in [1.82, 2.24) is 15.2 Å². The van der Waals surface area contributed by atoms with Crippen LogP contribution in [-0.2, 0) is 0 Å². The number of hydrogen-bond acceptors (Lipinski definition) is 4. The Kier molecular flexibility index (Phi) is 4.81. The van der Waals surface area contributed by atoms with E-state index >= 15 is 0 Å². The van der Waals surface area contributed by atoms with E-state index in [1.165, 1.54) is 16.2 Å². The Morgan fingerprint density at radius 2 is 2.35 bits per heavy atom. The molecule has 0 radical (unpaired) electrons. The lowest BCUT2D eigenvalue weighted by molar-refractivity contribution is -0.143. The molecule has 2 amide bonds. The minimum Gasteiger partial charge on any atom is -0.337 e. The molecular formula is C11H15F3N4OS. The second-order valence-corrected chi connectivity index (χ2v) is 5.57. The van der Waals surface area contributed by atoms with Crippen molar-refractivity contribution in [3.63, 3.8) is 0 Å². The number of rotatable bonds is 4. The van der Waals surface area contributed by atoms with Gasteiger partial charge >= 0.3 is 12.2 Å². The van der Waals surface area contributed by atoms with Crippen molar-refractivity contribution < 1.29 is 18.0 Å². The van der Waals surface area contributed by atoms with Gasteiger partial charge in [0.1, 0.15) is 0 Å². The van der Waals surface area contributed by atoms with Crippen LogP contribution >= 0.6 is 11.3 Å². The summed E-state index contributed by atoms with van der Waals surface area (Å²) in [5.74, 6) is 0.0550. The van der Waals surface area contributed by atoms with Crippen molar-refractivity contribution in [3.05, 3.63) is 11.6 Å². The largest absolute Gasteiger partial charge is 0.401 e. The molecule has 1 saturated heterocycles. The summed E-state index contributed by atoms with van der Waals surface area (Å²) < 4.78 is 36.7. The highest BCUT2D eigenvalue weighted by Crippen LogP contribution is 2.22. The first-order chi connectivity index (χ1) is 9.42. The Hall–Kier alpha value is -1.35. The molecule has 2 rings (SSSR count). The second-order valence-electron chi connectivity index (χ2n) is 4.68. The molecule has 0 spiro atoms. The first kappa shape index (κ1) is 15.0.